The van der Waals surface area contributed by atoms with Crippen molar-refractivity contribution in [1.29, 1.82) is 0 Å². The Hall–Kier alpha value is -1.99. The van der Waals surface area contributed by atoms with Crippen molar-refractivity contribution in [2.75, 3.05) is 31.2 Å². The number of morpholine rings is 1. The maximum atomic E-state index is 12.3. The summed E-state index contributed by atoms with van der Waals surface area (Å²) in [6.07, 6.45) is 2.60. The van der Waals surface area contributed by atoms with E-state index in [9.17, 15) is 9.59 Å². The molecule has 0 aromatic heterocycles. The molecule has 3 N–H and O–H groups in total. The molecule has 0 unspecified atom stereocenters. The summed E-state index contributed by atoms with van der Waals surface area (Å²) in [5.74, 6) is -1.02. The van der Waals surface area contributed by atoms with Crippen molar-refractivity contribution in [3.63, 3.8) is 0 Å². The van der Waals surface area contributed by atoms with Gasteiger partial charge in [0.2, 0.25) is 0 Å². The number of halogens is 1. The van der Waals surface area contributed by atoms with Crippen LogP contribution in [0.1, 0.15) is 31.2 Å². The standard InChI is InChI=1S/C19H26ClN3O4/c20-15-3-6-17(23-7-9-27-10-8-23)14(11-15)12-21-19(26)22-16-4-1-13(2-5-16)18(24)25/h3,6,11,13,16H,1-2,4-5,7-10,12H2,(H,24,25)(H2,21,22,26). The quantitative estimate of drug-likeness (QED) is 0.712. The lowest BCUT2D eigenvalue weighted by Gasteiger charge is -2.31. The van der Waals surface area contributed by atoms with Gasteiger partial charge >= 0.3 is 12.0 Å². The van der Waals surface area contributed by atoms with Gasteiger partial charge in [-0.25, -0.2) is 4.79 Å². The summed E-state index contributed by atoms with van der Waals surface area (Å²) in [6, 6.07) is 5.51. The van der Waals surface area contributed by atoms with Crippen LogP contribution in [0.15, 0.2) is 18.2 Å². The predicted molar refractivity (Wildman–Crippen MR) is 103 cm³/mol. The molecule has 2 aliphatic rings. The number of carboxylic acids is 1. The van der Waals surface area contributed by atoms with Crippen molar-refractivity contribution in [2.24, 2.45) is 5.92 Å². The minimum Gasteiger partial charge on any atom is -0.481 e. The Bertz CT molecular complexity index is 671. The lowest BCUT2D eigenvalue weighted by atomic mass is 9.86. The van der Waals surface area contributed by atoms with Crippen LogP contribution in [0.5, 0.6) is 0 Å². The van der Waals surface area contributed by atoms with Crippen LogP contribution in [-0.2, 0) is 16.1 Å². The molecule has 0 atom stereocenters. The fourth-order valence-electron chi connectivity index (χ4n) is 3.71. The first-order chi connectivity index (χ1) is 13.0. The maximum Gasteiger partial charge on any atom is 0.315 e. The highest BCUT2D eigenvalue weighted by atomic mass is 35.5. The van der Waals surface area contributed by atoms with Crippen molar-refractivity contribution in [3.05, 3.63) is 28.8 Å². The van der Waals surface area contributed by atoms with Crippen LogP contribution in [0.3, 0.4) is 0 Å². The number of nitrogens with one attached hydrogen (secondary N) is 2. The summed E-state index contributed by atoms with van der Waals surface area (Å²) < 4.78 is 5.41. The average Bonchev–Trinajstić information content (AvgIpc) is 2.67. The molecule has 7 nitrogen and oxygen atoms in total. The van der Waals surface area contributed by atoms with E-state index in [1.807, 2.05) is 18.2 Å². The first kappa shape index (κ1) is 19.8. The van der Waals surface area contributed by atoms with E-state index in [0.717, 1.165) is 24.3 Å². The molecule has 2 amide bonds. The van der Waals surface area contributed by atoms with Gasteiger partial charge in [-0.3, -0.25) is 4.79 Å². The van der Waals surface area contributed by atoms with Crippen LogP contribution in [-0.4, -0.2) is 49.5 Å². The van der Waals surface area contributed by atoms with Crippen LogP contribution in [0.4, 0.5) is 10.5 Å². The monoisotopic (exact) mass is 395 g/mol. The second-order valence-electron chi connectivity index (χ2n) is 7.09. The predicted octanol–water partition coefficient (Wildman–Crippen LogP) is 2.62. The van der Waals surface area contributed by atoms with Crippen molar-refractivity contribution in [3.8, 4) is 0 Å². The summed E-state index contributed by atoms with van der Waals surface area (Å²) >= 11 is 6.15. The number of urea groups is 1. The minimum absolute atomic E-state index is 0.0266. The Balaban J connectivity index is 1.53. The number of carboxylic acid groups (broad SMARTS) is 1. The first-order valence-corrected chi connectivity index (χ1v) is 9.79. The molecule has 1 aromatic rings. The molecule has 0 bridgehead atoms. The van der Waals surface area contributed by atoms with Gasteiger partial charge in [0.25, 0.3) is 0 Å². The third kappa shape index (κ3) is 5.49. The topological polar surface area (TPSA) is 90.9 Å². The molecular formula is C19H26ClN3O4. The summed E-state index contributed by atoms with van der Waals surface area (Å²) in [5.41, 5.74) is 2.03. The van der Waals surface area contributed by atoms with E-state index in [1.54, 1.807) is 0 Å². The van der Waals surface area contributed by atoms with E-state index in [0.29, 0.717) is 50.5 Å². The largest absolute Gasteiger partial charge is 0.481 e. The molecule has 148 valence electrons. The number of anilines is 1. The van der Waals surface area contributed by atoms with Gasteiger partial charge in [0, 0.05) is 36.4 Å². The van der Waals surface area contributed by atoms with E-state index in [1.165, 1.54) is 0 Å². The van der Waals surface area contributed by atoms with Crippen LogP contribution in [0.2, 0.25) is 5.02 Å². The summed E-state index contributed by atoms with van der Waals surface area (Å²) in [6.45, 7) is 3.38. The Morgan fingerprint density at radius 1 is 1.19 bits per heavy atom. The zero-order chi connectivity index (χ0) is 19.2. The number of rotatable bonds is 5. The number of nitrogens with zero attached hydrogens (tertiary/aromatic N) is 1. The molecule has 3 rings (SSSR count). The highest BCUT2D eigenvalue weighted by Gasteiger charge is 2.26. The highest BCUT2D eigenvalue weighted by Crippen LogP contribution is 2.26. The molecule has 1 aliphatic carbocycles. The minimum atomic E-state index is -0.741. The van der Waals surface area contributed by atoms with Gasteiger partial charge in [-0.1, -0.05) is 11.6 Å². The van der Waals surface area contributed by atoms with Crippen LogP contribution >= 0.6 is 11.6 Å². The number of carbonyl (C=O) groups excluding carboxylic acids is 1. The Morgan fingerprint density at radius 2 is 1.89 bits per heavy atom. The van der Waals surface area contributed by atoms with Crippen LogP contribution in [0, 0.1) is 5.92 Å². The lowest BCUT2D eigenvalue weighted by molar-refractivity contribution is -0.142. The van der Waals surface area contributed by atoms with E-state index in [-0.39, 0.29) is 18.0 Å². The zero-order valence-corrected chi connectivity index (χ0v) is 16.0. The van der Waals surface area contributed by atoms with Crippen molar-refractivity contribution >= 4 is 29.3 Å². The number of aliphatic carboxylic acids is 1. The molecule has 1 saturated carbocycles. The van der Waals surface area contributed by atoms with Gasteiger partial charge < -0.3 is 25.4 Å². The molecule has 1 aliphatic heterocycles. The third-order valence-corrected chi connectivity index (χ3v) is 5.48. The van der Waals surface area contributed by atoms with Crippen LogP contribution in [0.25, 0.3) is 0 Å². The average molecular weight is 396 g/mol. The van der Waals surface area contributed by atoms with E-state index >= 15 is 0 Å². The molecule has 27 heavy (non-hydrogen) atoms. The van der Waals surface area contributed by atoms with E-state index in [2.05, 4.69) is 15.5 Å². The summed E-state index contributed by atoms with van der Waals surface area (Å²) in [7, 11) is 0. The van der Waals surface area contributed by atoms with Gasteiger partial charge in [0.05, 0.1) is 19.1 Å². The molecule has 8 heteroatoms. The SMILES string of the molecule is O=C(NCc1cc(Cl)ccc1N1CCOCC1)NC1CCC(C(=O)O)CC1. The van der Waals surface area contributed by atoms with Crippen molar-refractivity contribution < 1.29 is 19.4 Å². The van der Waals surface area contributed by atoms with Crippen LogP contribution < -0.4 is 15.5 Å². The molecule has 0 spiro atoms. The second-order valence-corrected chi connectivity index (χ2v) is 7.52. The second kappa shape index (κ2) is 9.28. The molecular weight excluding hydrogens is 370 g/mol. The maximum absolute atomic E-state index is 12.3. The summed E-state index contributed by atoms with van der Waals surface area (Å²) in [5, 5.41) is 15.5. The fourth-order valence-corrected chi connectivity index (χ4v) is 3.90. The van der Waals surface area contributed by atoms with E-state index < -0.39 is 5.97 Å². The summed E-state index contributed by atoms with van der Waals surface area (Å²) in [4.78, 5) is 25.5. The number of carbonyl (C=O) groups is 2. The van der Waals surface area contributed by atoms with E-state index in [4.69, 9.17) is 21.4 Å². The molecule has 0 radical (unpaired) electrons. The lowest BCUT2D eigenvalue weighted by Crippen LogP contribution is -2.44. The smallest absolute Gasteiger partial charge is 0.315 e. The zero-order valence-electron chi connectivity index (χ0n) is 15.2. The molecule has 1 aromatic carbocycles. The Labute approximate surface area is 164 Å². The molecule has 1 saturated heterocycles. The number of ether oxygens (including phenoxy) is 1. The number of hydrogen-bond donors (Lipinski definition) is 3. The third-order valence-electron chi connectivity index (χ3n) is 5.24. The van der Waals surface area contributed by atoms with Gasteiger partial charge in [-0.15, -0.1) is 0 Å². The normalized spacial score (nSPS) is 22.9. The Kier molecular flexibility index (Phi) is 6.79. The van der Waals surface area contributed by atoms with Crippen molar-refractivity contribution in [1.82, 2.24) is 10.6 Å². The van der Waals surface area contributed by atoms with Gasteiger partial charge in [-0.05, 0) is 49.4 Å². The highest BCUT2D eigenvalue weighted by molar-refractivity contribution is 6.30. The first-order valence-electron chi connectivity index (χ1n) is 9.41. The number of hydrogen-bond acceptors (Lipinski definition) is 4. The number of benzene rings is 1. The number of amides is 2. The van der Waals surface area contributed by atoms with Crippen molar-refractivity contribution in [2.45, 2.75) is 38.3 Å². The van der Waals surface area contributed by atoms with Gasteiger partial charge in [0.1, 0.15) is 0 Å². The molecule has 1 heterocycles. The van der Waals surface area contributed by atoms with Gasteiger partial charge in [-0.2, -0.15) is 0 Å². The van der Waals surface area contributed by atoms with Gasteiger partial charge in [0.15, 0.2) is 0 Å². The fraction of sp³-hybridized carbons (Fsp3) is 0.579. The molecule has 2 fully saturated rings. The Morgan fingerprint density at radius 3 is 2.56 bits per heavy atom.